The van der Waals surface area contributed by atoms with Crippen LogP contribution >= 0.6 is 0 Å². The van der Waals surface area contributed by atoms with E-state index in [9.17, 15) is 14.9 Å². The van der Waals surface area contributed by atoms with Gasteiger partial charge in [-0.15, -0.1) is 0 Å². The number of guanidine groups is 1. The van der Waals surface area contributed by atoms with E-state index in [0.717, 1.165) is 44.3 Å². The highest BCUT2D eigenvalue weighted by Gasteiger charge is 2.30. The Morgan fingerprint density at radius 3 is 2.42 bits per heavy atom. The van der Waals surface area contributed by atoms with Gasteiger partial charge in [-0.25, -0.2) is 4.99 Å². The fourth-order valence-corrected chi connectivity index (χ4v) is 4.09. The van der Waals surface area contributed by atoms with Gasteiger partial charge < -0.3 is 24.6 Å². The predicted octanol–water partition coefficient (Wildman–Crippen LogP) is 1.22. The molecule has 2 N–H and O–H groups in total. The maximum Gasteiger partial charge on any atom is 0.245 e. The minimum atomic E-state index is -0.557. The lowest BCUT2D eigenvalue weighted by atomic mass is 10.1. The zero-order valence-electron chi connectivity index (χ0n) is 19.3. The van der Waals surface area contributed by atoms with E-state index in [1.807, 2.05) is 23.2 Å². The summed E-state index contributed by atoms with van der Waals surface area (Å²) in [4.78, 5) is 33.7. The van der Waals surface area contributed by atoms with Crippen LogP contribution in [0.5, 0.6) is 11.5 Å². The van der Waals surface area contributed by atoms with E-state index < -0.39 is 6.04 Å². The average Bonchev–Trinajstić information content (AvgIpc) is 3.32. The number of ether oxygens (including phenoxy) is 2. The Bertz CT molecular complexity index is 884. The Morgan fingerprint density at radius 1 is 1.12 bits per heavy atom. The van der Waals surface area contributed by atoms with E-state index in [1.165, 1.54) is 0 Å². The number of nitriles is 1. The molecule has 0 aromatic heterocycles. The molecule has 0 aliphatic carbocycles. The molecule has 1 atom stereocenters. The Kier molecular flexibility index (Phi) is 8.75. The van der Waals surface area contributed by atoms with Crippen LogP contribution in [0.4, 0.5) is 0 Å². The third-order valence-electron chi connectivity index (χ3n) is 5.88. The summed E-state index contributed by atoms with van der Waals surface area (Å²) in [5, 5.41) is 14.8. The van der Waals surface area contributed by atoms with Crippen molar-refractivity contribution in [2.24, 2.45) is 4.99 Å². The molecule has 1 aromatic rings. The maximum absolute atomic E-state index is 13.2. The van der Waals surface area contributed by atoms with Crippen LogP contribution in [-0.2, 0) is 16.1 Å². The van der Waals surface area contributed by atoms with Crippen molar-refractivity contribution in [1.82, 2.24) is 20.4 Å². The molecule has 0 spiro atoms. The van der Waals surface area contributed by atoms with E-state index in [4.69, 9.17) is 9.47 Å². The Labute approximate surface area is 194 Å². The number of carbonyl (C=O) groups excluding carboxylic acids is 2. The summed E-state index contributed by atoms with van der Waals surface area (Å²) in [5.41, 5.74) is 0.829. The molecule has 2 saturated heterocycles. The zero-order chi connectivity index (χ0) is 23.6. The van der Waals surface area contributed by atoms with E-state index in [2.05, 4.69) is 15.6 Å². The highest BCUT2D eigenvalue weighted by molar-refractivity contribution is 5.92. The van der Waals surface area contributed by atoms with Crippen LogP contribution in [0.2, 0.25) is 0 Å². The summed E-state index contributed by atoms with van der Waals surface area (Å²) in [5.74, 6) is 1.34. The number of methoxy groups -OCH3 is 2. The van der Waals surface area contributed by atoms with Gasteiger partial charge in [-0.2, -0.15) is 5.26 Å². The van der Waals surface area contributed by atoms with Crippen molar-refractivity contribution >= 4 is 17.8 Å². The lowest BCUT2D eigenvalue weighted by Gasteiger charge is -2.27. The molecule has 10 nitrogen and oxygen atoms in total. The molecule has 33 heavy (non-hydrogen) atoms. The number of benzene rings is 1. The average molecular weight is 457 g/mol. The van der Waals surface area contributed by atoms with Gasteiger partial charge in [0.05, 0.1) is 27.3 Å². The number of nitrogens with one attached hydrogen (secondary N) is 2. The smallest absolute Gasteiger partial charge is 0.245 e. The van der Waals surface area contributed by atoms with Gasteiger partial charge in [-0.3, -0.25) is 14.9 Å². The molecule has 178 valence electrons. The molecule has 0 saturated carbocycles. The quantitative estimate of drug-likeness (QED) is 0.274. The first-order valence-corrected chi connectivity index (χ1v) is 11.3. The first-order valence-electron chi connectivity index (χ1n) is 11.3. The molecule has 3 rings (SSSR count). The number of amides is 2. The molecule has 2 aliphatic heterocycles. The van der Waals surface area contributed by atoms with Gasteiger partial charge in [0.2, 0.25) is 17.8 Å². The van der Waals surface area contributed by atoms with Crippen LogP contribution in [0.25, 0.3) is 0 Å². The fourth-order valence-electron chi connectivity index (χ4n) is 4.09. The van der Waals surface area contributed by atoms with Crippen molar-refractivity contribution in [2.75, 3.05) is 40.4 Å². The number of nitrogens with zero attached hydrogens (tertiary/aromatic N) is 4. The van der Waals surface area contributed by atoms with Gasteiger partial charge in [-0.05, 0) is 49.8 Å². The van der Waals surface area contributed by atoms with Gasteiger partial charge in [0.15, 0.2) is 6.19 Å². The molecule has 2 heterocycles. The summed E-state index contributed by atoms with van der Waals surface area (Å²) in [7, 11) is 3.15. The molecule has 2 aliphatic rings. The van der Waals surface area contributed by atoms with Crippen LogP contribution in [0, 0.1) is 11.5 Å². The normalized spacial score (nSPS) is 19.0. The second kappa shape index (κ2) is 11.9. The number of hydrogen-bond acceptors (Lipinski definition) is 6. The van der Waals surface area contributed by atoms with Gasteiger partial charge in [0.25, 0.3) is 0 Å². The molecule has 2 fully saturated rings. The molecular formula is C23H32N6O4. The van der Waals surface area contributed by atoms with Crippen molar-refractivity contribution in [3.05, 3.63) is 23.8 Å². The Balaban J connectivity index is 1.68. The first kappa shape index (κ1) is 24.2. The van der Waals surface area contributed by atoms with Gasteiger partial charge >= 0.3 is 0 Å². The summed E-state index contributed by atoms with van der Waals surface area (Å²) in [6.45, 7) is 2.43. The van der Waals surface area contributed by atoms with Gasteiger partial charge in [0.1, 0.15) is 17.5 Å². The van der Waals surface area contributed by atoms with E-state index in [-0.39, 0.29) is 30.9 Å². The molecule has 1 unspecified atom stereocenters. The third-order valence-corrected chi connectivity index (χ3v) is 5.88. The third kappa shape index (κ3) is 6.75. The van der Waals surface area contributed by atoms with Crippen molar-refractivity contribution in [3.8, 4) is 17.7 Å². The van der Waals surface area contributed by atoms with Crippen molar-refractivity contribution in [1.29, 1.82) is 5.26 Å². The SMILES string of the molecule is COc1cc(CN=C(NC#N)NC2CCCCN(CC(=O)N3CCCC3)C2=O)cc(OC)c1. The van der Waals surface area contributed by atoms with E-state index >= 15 is 0 Å². The van der Waals surface area contributed by atoms with E-state index in [0.29, 0.717) is 24.5 Å². The molecular weight excluding hydrogens is 424 g/mol. The molecule has 10 heteroatoms. The standard InChI is InChI=1S/C23H32N6O4/c1-32-18-11-17(12-19(13-18)33-2)14-25-23(26-16-24)27-20-7-3-4-10-29(22(20)31)15-21(30)28-8-5-6-9-28/h11-13,20H,3-10,14-15H2,1-2H3,(H2,25,26,27). The van der Waals surface area contributed by atoms with Crippen molar-refractivity contribution in [3.63, 3.8) is 0 Å². The largest absolute Gasteiger partial charge is 0.497 e. The van der Waals surface area contributed by atoms with Crippen LogP contribution in [0.3, 0.4) is 0 Å². The number of carbonyl (C=O) groups is 2. The number of likely N-dealkylation sites (tertiary alicyclic amines) is 2. The zero-order valence-corrected chi connectivity index (χ0v) is 19.3. The minimum Gasteiger partial charge on any atom is -0.497 e. The number of aliphatic imine (C=N–C) groups is 1. The Morgan fingerprint density at radius 2 is 1.79 bits per heavy atom. The van der Waals surface area contributed by atoms with Gasteiger partial charge in [-0.1, -0.05) is 0 Å². The van der Waals surface area contributed by atoms with Crippen LogP contribution in [-0.4, -0.2) is 74.0 Å². The molecule has 0 bridgehead atoms. The topological polar surface area (TPSA) is 119 Å². The monoisotopic (exact) mass is 456 g/mol. The second-order valence-electron chi connectivity index (χ2n) is 8.16. The van der Waals surface area contributed by atoms with Crippen molar-refractivity contribution < 1.29 is 19.1 Å². The van der Waals surface area contributed by atoms with Crippen LogP contribution < -0.4 is 20.1 Å². The van der Waals surface area contributed by atoms with Crippen LogP contribution in [0.1, 0.15) is 37.7 Å². The summed E-state index contributed by atoms with van der Waals surface area (Å²) in [6, 6.07) is 4.87. The first-order chi connectivity index (χ1) is 16.0. The summed E-state index contributed by atoms with van der Waals surface area (Å²) in [6.07, 6.45) is 6.18. The number of hydrogen-bond donors (Lipinski definition) is 2. The lowest BCUT2D eigenvalue weighted by Crippen LogP contribution is -2.52. The Hall–Kier alpha value is -3.48. The number of rotatable bonds is 7. The lowest BCUT2D eigenvalue weighted by molar-refractivity contribution is -0.140. The minimum absolute atomic E-state index is 0.00230. The summed E-state index contributed by atoms with van der Waals surface area (Å²) < 4.78 is 10.6. The molecule has 1 aromatic carbocycles. The highest BCUT2D eigenvalue weighted by atomic mass is 16.5. The van der Waals surface area contributed by atoms with E-state index in [1.54, 1.807) is 25.2 Å². The van der Waals surface area contributed by atoms with Crippen LogP contribution in [0.15, 0.2) is 23.2 Å². The molecule has 0 radical (unpaired) electrons. The van der Waals surface area contributed by atoms with Gasteiger partial charge in [0, 0.05) is 25.7 Å². The fraction of sp³-hybridized carbons (Fsp3) is 0.565. The summed E-state index contributed by atoms with van der Waals surface area (Å²) >= 11 is 0. The van der Waals surface area contributed by atoms with Crippen molar-refractivity contribution in [2.45, 2.75) is 44.7 Å². The maximum atomic E-state index is 13.2. The second-order valence-corrected chi connectivity index (χ2v) is 8.16. The highest BCUT2D eigenvalue weighted by Crippen LogP contribution is 2.23. The predicted molar refractivity (Wildman–Crippen MR) is 123 cm³/mol. The molecule has 2 amide bonds.